The lowest BCUT2D eigenvalue weighted by Gasteiger charge is -2.27. The Morgan fingerprint density at radius 2 is 2.38 bits per heavy atom. The third-order valence-corrected chi connectivity index (χ3v) is 3.06. The van der Waals surface area contributed by atoms with Crippen LogP contribution in [0.2, 0.25) is 0 Å². The maximum absolute atomic E-state index is 8.70. The Balaban J connectivity index is 1.93. The average molecular weight is 220 g/mol. The molecular formula is C13H20N2O. The molecule has 3 nitrogen and oxygen atoms in total. The van der Waals surface area contributed by atoms with Crippen molar-refractivity contribution in [1.29, 1.82) is 0 Å². The van der Waals surface area contributed by atoms with Crippen molar-refractivity contribution in [1.82, 2.24) is 5.32 Å². The Morgan fingerprint density at radius 3 is 3.19 bits per heavy atom. The van der Waals surface area contributed by atoms with Gasteiger partial charge in [-0.3, -0.25) is 0 Å². The van der Waals surface area contributed by atoms with Crippen molar-refractivity contribution >= 4 is 5.69 Å². The van der Waals surface area contributed by atoms with Gasteiger partial charge in [-0.05, 0) is 31.4 Å². The molecule has 1 aromatic carbocycles. The third kappa shape index (κ3) is 2.74. The fraction of sp³-hybridized carbons (Fsp3) is 0.538. The summed E-state index contributed by atoms with van der Waals surface area (Å²) < 4.78 is 0. The number of hydrogen-bond donors (Lipinski definition) is 3. The molecule has 1 aliphatic heterocycles. The molecule has 1 unspecified atom stereocenters. The Bertz CT molecular complexity index is 352. The summed E-state index contributed by atoms with van der Waals surface area (Å²) >= 11 is 0. The highest BCUT2D eigenvalue weighted by molar-refractivity contribution is 5.55. The summed E-state index contributed by atoms with van der Waals surface area (Å²) in [4.78, 5) is 0. The van der Waals surface area contributed by atoms with Crippen LogP contribution in [0, 0.1) is 6.92 Å². The standard InChI is InChI=1S/C13H20N2O/c1-10-2-5-13-11(8-10)3-4-12(15-13)9-14-6-7-16/h2,5,8,12,14-16H,3-4,6-7,9H2,1H3. The highest BCUT2D eigenvalue weighted by Gasteiger charge is 2.16. The van der Waals surface area contributed by atoms with E-state index >= 15 is 0 Å². The van der Waals surface area contributed by atoms with Crippen LogP contribution >= 0.6 is 0 Å². The predicted molar refractivity (Wildman–Crippen MR) is 66.9 cm³/mol. The predicted octanol–water partition coefficient (Wildman–Crippen LogP) is 1.30. The smallest absolute Gasteiger partial charge is 0.0555 e. The summed E-state index contributed by atoms with van der Waals surface area (Å²) in [7, 11) is 0. The van der Waals surface area contributed by atoms with Gasteiger partial charge in [0.15, 0.2) is 0 Å². The molecular weight excluding hydrogens is 200 g/mol. The summed E-state index contributed by atoms with van der Waals surface area (Å²) in [6.45, 7) is 3.95. The second-order valence-corrected chi connectivity index (χ2v) is 4.47. The quantitative estimate of drug-likeness (QED) is 0.670. The van der Waals surface area contributed by atoms with Crippen LogP contribution in [0.15, 0.2) is 18.2 Å². The Hall–Kier alpha value is -1.06. The molecule has 0 saturated carbocycles. The average Bonchev–Trinajstić information content (AvgIpc) is 2.29. The number of hydrogen-bond acceptors (Lipinski definition) is 3. The van der Waals surface area contributed by atoms with E-state index in [4.69, 9.17) is 5.11 Å². The second-order valence-electron chi connectivity index (χ2n) is 4.47. The molecule has 0 saturated heterocycles. The molecule has 0 radical (unpaired) electrons. The third-order valence-electron chi connectivity index (χ3n) is 3.06. The van der Waals surface area contributed by atoms with E-state index in [0.29, 0.717) is 12.6 Å². The monoisotopic (exact) mass is 220 g/mol. The summed E-state index contributed by atoms with van der Waals surface area (Å²) in [5.74, 6) is 0. The largest absolute Gasteiger partial charge is 0.395 e. The molecule has 1 heterocycles. The highest BCUT2D eigenvalue weighted by Crippen LogP contribution is 2.25. The van der Waals surface area contributed by atoms with E-state index < -0.39 is 0 Å². The first-order valence-corrected chi connectivity index (χ1v) is 5.97. The van der Waals surface area contributed by atoms with Gasteiger partial charge in [-0.15, -0.1) is 0 Å². The summed E-state index contributed by atoms with van der Waals surface area (Å²) in [6.07, 6.45) is 2.31. The van der Waals surface area contributed by atoms with Crippen LogP contribution in [-0.2, 0) is 6.42 Å². The lowest BCUT2D eigenvalue weighted by molar-refractivity contribution is 0.291. The maximum Gasteiger partial charge on any atom is 0.0555 e. The van der Waals surface area contributed by atoms with Gasteiger partial charge in [0.2, 0.25) is 0 Å². The number of anilines is 1. The van der Waals surface area contributed by atoms with Crippen LogP contribution in [0.4, 0.5) is 5.69 Å². The van der Waals surface area contributed by atoms with Gasteiger partial charge in [-0.25, -0.2) is 0 Å². The van der Waals surface area contributed by atoms with Gasteiger partial charge in [0.25, 0.3) is 0 Å². The van der Waals surface area contributed by atoms with Crippen LogP contribution in [0.1, 0.15) is 17.5 Å². The molecule has 0 aromatic heterocycles. The van der Waals surface area contributed by atoms with E-state index in [1.165, 1.54) is 16.8 Å². The fourth-order valence-corrected chi connectivity index (χ4v) is 2.20. The van der Waals surface area contributed by atoms with Crippen molar-refractivity contribution in [3.05, 3.63) is 29.3 Å². The van der Waals surface area contributed by atoms with E-state index in [2.05, 4.69) is 35.8 Å². The van der Waals surface area contributed by atoms with Gasteiger partial charge in [0.1, 0.15) is 0 Å². The number of benzene rings is 1. The zero-order chi connectivity index (χ0) is 11.4. The van der Waals surface area contributed by atoms with Crippen LogP contribution in [0.25, 0.3) is 0 Å². The Morgan fingerprint density at radius 1 is 1.50 bits per heavy atom. The number of aliphatic hydroxyl groups excluding tert-OH is 1. The zero-order valence-corrected chi connectivity index (χ0v) is 9.79. The molecule has 1 atom stereocenters. The molecule has 16 heavy (non-hydrogen) atoms. The van der Waals surface area contributed by atoms with Gasteiger partial charge < -0.3 is 15.7 Å². The van der Waals surface area contributed by atoms with Crippen LogP contribution < -0.4 is 10.6 Å². The molecule has 0 fully saturated rings. The van der Waals surface area contributed by atoms with E-state index in [-0.39, 0.29) is 6.61 Å². The van der Waals surface area contributed by atoms with Crippen LogP contribution in [-0.4, -0.2) is 30.8 Å². The molecule has 3 N–H and O–H groups in total. The molecule has 2 rings (SSSR count). The minimum Gasteiger partial charge on any atom is -0.395 e. The van der Waals surface area contributed by atoms with Crippen molar-refractivity contribution in [2.24, 2.45) is 0 Å². The van der Waals surface area contributed by atoms with Gasteiger partial charge in [0, 0.05) is 24.8 Å². The number of aliphatic hydroxyl groups is 1. The summed E-state index contributed by atoms with van der Waals surface area (Å²) in [6, 6.07) is 7.07. The maximum atomic E-state index is 8.70. The minimum absolute atomic E-state index is 0.211. The van der Waals surface area contributed by atoms with E-state index in [9.17, 15) is 0 Å². The first kappa shape index (κ1) is 11.4. The number of fused-ring (bicyclic) bond motifs is 1. The summed E-state index contributed by atoms with van der Waals surface area (Å²) in [5.41, 5.74) is 4.03. The fourth-order valence-electron chi connectivity index (χ4n) is 2.20. The molecule has 0 aliphatic carbocycles. The van der Waals surface area contributed by atoms with E-state index in [0.717, 1.165) is 19.4 Å². The lowest BCUT2D eigenvalue weighted by atomic mass is 9.96. The number of rotatable bonds is 4. The van der Waals surface area contributed by atoms with Crippen molar-refractivity contribution in [2.45, 2.75) is 25.8 Å². The van der Waals surface area contributed by atoms with Gasteiger partial charge in [-0.2, -0.15) is 0 Å². The number of nitrogens with one attached hydrogen (secondary N) is 2. The first-order valence-electron chi connectivity index (χ1n) is 5.97. The zero-order valence-electron chi connectivity index (χ0n) is 9.79. The van der Waals surface area contributed by atoms with Gasteiger partial charge in [0.05, 0.1) is 6.61 Å². The van der Waals surface area contributed by atoms with Gasteiger partial charge in [-0.1, -0.05) is 17.7 Å². The first-order chi connectivity index (χ1) is 7.79. The van der Waals surface area contributed by atoms with Crippen molar-refractivity contribution < 1.29 is 5.11 Å². The SMILES string of the molecule is Cc1ccc2c(c1)CCC(CNCCO)N2. The Labute approximate surface area is 96.9 Å². The topological polar surface area (TPSA) is 44.3 Å². The molecule has 1 aromatic rings. The second kappa shape index (κ2) is 5.32. The van der Waals surface area contributed by atoms with E-state index in [1.807, 2.05) is 0 Å². The lowest BCUT2D eigenvalue weighted by Crippen LogP contribution is -2.36. The molecule has 88 valence electrons. The minimum atomic E-state index is 0.211. The van der Waals surface area contributed by atoms with Crippen LogP contribution in [0.3, 0.4) is 0 Å². The molecule has 0 amide bonds. The van der Waals surface area contributed by atoms with Crippen LogP contribution in [0.5, 0.6) is 0 Å². The summed E-state index contributed by atoms with van der Waals surface area (Å²) in [5, 5.41) is 15.5. The van der Waals surface area contributed by atoms with Crippen molar-refractivity contribution in [3.8, 4) is 0 Å². The van der Waals surface area contributed by atoms with E-state index in [1.54, 1.807) is 0 Å². The highest BCUT2D eigenvalue weighted by atomic mass is 16.3. The molecule has 0 spiro atoms. The molecule has 1 aliphatic rings. The number of aryl methyl sites for hydroxylation is 2. The van der Waals surface area contributed by atoms with Crippen molar-refractivity contribution in [3.63, 3.8) is 0 Å². The van der Waals surface area contributed by atoms with Gasteiger partial charge >= 0.3 is 0 Å². The van der Waals surface area contributed by atoms with Crippen molar-refractivity contribution in [2.75, 3.05) is 25.0 Å². The normalized spacial score (nSPS) is 19.0. The molecule has 3 heteroatoms. The molecule has 0 bridgehead atoms. The Kier molecular flexibility index (Phi) is 3.80.